The molecule has 0 radical (unpaired) electrons. The van der Waals surface area contributed by atoms with Crippen molar-refractivity contribution in [2.24, 2.45) is 0 Å². The summed E-state index contributed by atoms with van der Waals surface area (Å²) in [5.41, 5.74) is 3.00. The smallest absolute Gasteiger partial charge is 0.228 e. The Morgan fingerprint density at radius 1 is 1.22 bits per heavy atom. The Kier molecular flexibility index (Phi) is 4.15. The molecule has 0 bridgehead atoms. The highest BCUT2D eigenvalue weighted by Crippen LogP contribution is 2.33. The minimum Gasteiger partial charge on any atom is -0.486 e. The predicted octanol–water partition coefficient (Wildman–Crippen LogP) is 2.82. The van der Waals surface area contributed by atoms with Crippen LogP contribution in [0, 0.1) is 18.3 Å². The fraction of sp³-hybridized carbons (Fsp3) is 0.222. The van der Waals surface area contributed by atoms with E-state index in [1.54, 1.807) is 24.3 Å². The fourth-order valence-electron chi connectivity index (χ4n) is 2.47. The summed E-state index contributed by atoms with van der Waals surface area (Å²) in [4.78, 5) is 12.2. The van der Waals surface area contributed by atoms with Gasteiger partial charge in [-0.25, -0.2) is 0 Å². The summed E-state index contributed by atoms with van der Waals surface area (Å²) in [5.74, 6) is 1.26. The summed E-state index contributed by atoms with van der Waals surface area (Å²) in [6.45, 7) is 3.00. The lowest BCUT2D eigenvalue weighted by atomic mass is 10.0. The quantitative estimate of drug-likeness (QED) is 0.946. The highest BCUT2D eigenvalue weighted by Gasteiger charge is 2.16. The second-order valence-electron chi connectivity index (χ2n) is 5.34. The second-order valence-corrected chi connectivity index (χ2v) is 5.34. The van der Waals surface area contributed by atoms with Gasteiger partial charge in [0.15, 0.2) is 11.5 Å². The maximum absolute atomic E-state index is 12.2. The van der Waals surface area contributed by atoms with E-state index in [0.29, 0.717) is 30.2 Å². The highest BCUT2D eigenvalue weighted by atomic mass is 16.6. The van der Waals surface area contributed by atoms with Gasteiger partial charge >= 0.3 is 0 Å². The van der Waals surface area contributed by atoms with E-state index in [4.69, 9.17) is 14.7 Å². The van der Waals surface area contributed by atoms with Gasteiger partial charge in [-0.15, -0.1) is 0 Å². The number of nitriles is 1. The van der Waals surface area contributed by atoms with E-state index in [2.05, 4.69) is 11.4 Å². The Morgan fingerprint density at radius 3 is 2.70 bits per heavy atom. The first-order valence-corrected chi connectivity index (χ1v) is 7.35. The lowest BCUT2D eigenvalue weighted by molar-refractivity contribution is -0.115. The van der Waals surface area contributed by atoms with Crippen LogP contribution in [0.25, 0.3) is 0 Å². The molecule has 116 valence electrons. The van der Waals surface area contributed by atoms with Gasteiger partial charge in [0.25, 0.3) is 0 Å². The monoisotopic (exact) mass is 308 g/mol. The number of amides is 1. The highest BCUT2D eigenvalue weighted by molar-refractivity contribution is 5.92. The third kappa shape index (κ3) is 3.43. The third-order valence-corrected chi connectivity index (χ3v) is 3.63. The van der Waals surface area contributed by atoms with Crippen molar-refractivity contribution in [1.82, 2.24) is 0 Å². The molecule has 0 fully saturated rings. The molecule has 23 heavy (non-hydrogen) atoms. The molecule has 0 saturated carbocycles. The number of nitrogens with zero attached hydrogens (tertiary/aromatic N) is 1. The van der Waals surface area contributed by atoms with E-state index < -0.39 is 0 Å². The van der Waals surface area contributed by atoms with Crippen LogP contribution in [0.15, 0.2) is 36.4 Å². The number of anilines is 1. The Balaban J connectivity index is 1.74. The minimum atomic E-state index is -0.139. The van der Waals surface area contributed by atoms with Crippen molar-refractivity contribution in [2.45, 2.75) is 13.3 Å². The average Bonchev–Trinajstić information content (AvgIpc) is 2.55. The number of fused-ring (bicyclic) bond motifs is 1. The number of rotatable bonds is 3. The van der Waals surface area contributed by atoms with Gasteiger partial charge in [-0.1, -0.05) is 6.07 Å². The Hall–Kier alpha value is -3.00. The molecule has 5 nitrogen and oxygen atoms in total. The van der Waals surface area contributed by atoms with E-state index in [1.807, 2.05) is 19.1 Å². The Morgan fingerprint density at radius 2 is 1.96 bits per heavy atom. The summed E-state index contributed by atoms with van der Waals surface area (Å²) in [6, 6.07) is 12.6. The van der Waals surface area contributed by atoms with Crippen LogP contribution in [-0.2, 0) is 11.2 Å². The normalized spacial score (nSPS) is 12.3. The van der Waals surface area contributed by atoms with E-state index in [1.165, 1.54) is 0 Å². The molecule has 0 aromatic heterocycles. The maximum atomic E-state index is 12.2. The standard InChI is InChI=1S/C18H16N2O3/c1-12-7-16-17(23-6-5-22-16)9-14(12)10-18(21)20-15-4-2-3-13(8-15)11-19/h2-4,7-9H,5-6,10H2,1H3,(H,20,21). The largest absolute Gasteiger partial charge is 0.486 e. The first kappa shape index (κ1) is 14.9. The molecule has 1 amide bonds. The number of nitrogens with one attached hydrogen (secondary N) is 1. The molecule has 2 aromatic carbocycles. The molecule has 0 aliphatic carbocycles. The summed E-state index contributed by atoms with van der Waals surface area (Å²) in [7, 11) is 0. The van der Waals surface area contributed by atoms with Crippen LogP contribution in [0.2, 0.25) is 0 Å². The van der Waals surface area contributed by atoms with Gasteiger partial charge in [0.1, 0.15) is 13.2 Å². The number of carbonyl (C=O) groups is 1. The molecule has 0 saturated heterocycles. The molecule has 1 N–H and O–H groups in total. The van der Waals surface area contributed by atoms with E-state index in [-0.39, 0.29) is 12.3 Å². The van der Waals surface area contributed by atoms with Crippen LogP contribution < -0.4 is 14.8 Å². The molecular formula is C18H16N2O3. The van der Waals surface area contributed by atoms with Crippen LogP contribution in [0.1, 0.15) is 16.7 Å². The molecule has 1 heterocycles. The molecule has 0 unspecified atom stereocenters. The fourth-order valence-corrected chi connectivity index (χ4v) is 2.47. The topological polar surface area (TPSA) is 71.4 Å². The van der Waals surface area contributed by atoms with Crippen molar-refractivity contribution in [3.63, 3.8) is 0 Å². The number of ether oxygens (including phenoxy) is 2. The van der Waals surface area contributed by atoms with Gasteiger partial charge < -0.3 is 14.8 Å². The van der Waals surface area contributed by atoms with Gasteiger partial charge in [0, 0.05) is 5.69 Å². The minimum absolute atomic E-state index is 0.139. The van der Waals surface area contributed by atoms with Crippen molar-refractivity contribution in [3.8, 4) is 17.6 Å². The maximum Gasteiger partial charge on any atom is 0.228 e. The molecule has 3 rings (SSSR count). The van der Waals surface area contributed by atoms with Crippen LogP contribution in [0.4, 0.5) is 5.69 Å². The van der Waals surface area contributed by atoms with E-state index >= 15 is 0 Å². The van der Waals surface area contributed by atoms with Gasteiger partial charge in [-0.2, -0.15) is 5.26 Å². The predicted molar refractivity (Wildman–Crippen MR) is 85.7 cm³/mol. The number of carbonyl (C=O) groups excluding carboxylic acids is 1. The average molecular weight is 308 g/mol. The zero-order valence-corrected chi connectivity index (χ0v) is 12.8. The molecule has 1 aliphatic heterocycles. The first-order chi connectivity index (χ1) is 11.2. The first-order valence-electron chi connectivity index (χ1n) is 7.35. The number of hydrogen-bond donors (Lipinski definition) is 1. The zero-order valence-electron chi connectivity index (χ0n) is 12.8. The summed E-state index contributed by atoms with van der Waals surface area (Å²) >= 11 is 0. The molecule has 0 spiro atoms. The van der Waals surface area contributed by atoms with E-state index in [9.17, 15) is 4.79 Å². The van der Waals surface area contributed by atoms with Gasteiger partial charge in [-0.3, -0.25) is 4.79 Å². The van der Waals surface area contributed by atoms with Crippen LogP contribution in [0.3, 0.4) is 0 Å². The summed E-state index contributed by atoms with van der Waals surface area (Å²) in [6.07, 6.45) is 0.235. The van der Waals surface area contributed by atoms with Crippen molar-refractivity contribution >= 4 is 11.6 Å². The zero-order chi connectivity index (χ0) is 16.2. The van der Waals surface area contributed by atoms with Crippen molar-refractivity contribution in [1.29, 1.82) is 5.26 Å². The van der Waals surface area contributed by atoms with E-state index in [0.717, 1.165) is 16.9 Å². The van der Waals surface area contributed by atoms with Crippen molar-refractivity contribution in [2.75, 3.05) is 18.5 Å². The van der Waals surface area contributed by atoms with Crippen LogP contribution in [-0.4, -0.2) is 19.1 Å². The summed E-state index contributed by atoms with van der Waals surface area (Å²) in [5, 5.41) is 11.7. The van der Waals surface area contributed by atoms with Gasteiger partial charge in [-0.05, 0) is 48.4 Å². The Labute approximate surface area is 134 Å². The molecule has 5 heteroatoms. The van der Waals surface area contributed by atoms with Gasteiger partial charge in [0.05, 0.1) is 18.1 Å². The van der Waals surface area contributed by atoms with Gasteiger partial charge in [0.2, 0.25) is 5.91 Å². The second kappa shape index (κ2) is 6.41. The lowest BCUT2D eigenvalue weighted by Crippen LogP contribution is -2.18. The van der Waals surface area contributed by atoms with Crippen LogP contribution in [0.5, 0.6) is 11.5 Å². The summed E-state index contributed by atoms with van der Waals surface area (Å²) < 4.78 is 11.1. The molecule has 0 atom stereocenters. The van der Waals surface area contributed by atoms with Crippen LogP contribution >= 0.6 is 0 Å². The Bertz CT molecular complexity index is 793. The number of hydrogen-bond acceptors (Lipinski definition) is 4. The molecule has 1 aliphatic rings. The SMILES string of the molecule is Cc1cc2c(cc1CC(=O)Nc1cccc(C#N)c1)OCCO2. The number of benzene rings is 2. The number of aryl methyl sites for hydroxylation is 1. The lowest BCUT2D eigenvalue weighted by Gasteiger charge is -2.20. The third-order valence-electron chi connectivity index (χ3n) is 3.63. The molecular weight excluding hydrogens is 292 g/mol. The van der Waals surface area contributed by atoms with Crippen molar-refractivity contribution < 1.29 is 14.3 Å². The van der Waals surface area contributed by atoms with Crippen molar-refractivity contribution in [3.05, 3.63) is 53.1 Å². The molecule has 2 aromatic rings.